The summed E-state index contributed by atoms with van der Waals surface area (Å²) in [4.78, 5) is 14.1. The first-order valence-corrected chi connectivity index (χ1v) is 9.58. The summed E-state index contributed by atoms with van der Waals surface area (Å²) in [5.74, 6) is 0.834. The number of fused-ring (bicyclic) bond motifs is 2. The minimum Gasteiger partial charge on any atom is -0.472 e. The Balaban J connectivity index is 1.82. The van der Waals surface area contributed by atoms with Gasteiger partial charge in [-0.1, -0.05) is 35.3 Å². The van der Waals surface area contributed by atoms with E-state index in [1.807, 2.05) is 19.1 Å². The highest BCUT2D eigenvalue weighted by Crippen LogP contribution is 2.37. The van der Waals surface area contributed by atoms with Gasteiger partial charge >= 0.3 is 5.63 Å². The molecule has 0 N–H and O–H groups in total. The van der Waals surface area contributed by atoms with E-state index >= 15 is 0 Å². The van der Waals surface area contributed by atoms with Crippen LogP contribution in [0, 0.1) is 6.92 Å². The van der Waals surface area contributed by atoms with Crippen molar-refractivity contribution in [2.24, 2.45) is 0 Å². The second-order valence-electron chi connectivity index (χ2n) is 6.66. The van der Waals surface area contributed by atoms with Gasteiger partial charge in [-0.25, -0.2) is 4.79 Å². The average molecular weight is 414 g/mol. The quantitative estimate of drug-likeness (QED) is 0.555. The summed E-state index contributed by atoms with van der Waals surface area (Å²) >= 11 is 3.53. The molecule has 0 aliphatic carbocycles. The molecule has 0 saturated carbocycles. The van der Waals surface area contributed by atoms with Gasteiger partial charge in [-0.15, -0.1) is 0 Å². The fourth-order valence-electron chi connectivity index (χ4n) is 3.60. The molecule has 0 radical (unpaired) electrons. The van der Waals surface area contributed by atoms with E-state index in [1.54, 1.807) is 6.07 Å². The van der Waals surface area contributed by atoms with Gasteiger partial charge < -0.3 is 14.1 Å². The van der Waals surface area contributed by atoms with Crippen LogP contribution >= 0.6 is 15.9 Å². The zero-order chi connectivity index (χ0) is 18.3. The van der Waals surface area contributed by atoms with E-state index in [1.165, 1.54) is 0 Å². The Bertz CT molecular complexity index is 1040. The van der Waals surface area contributed by atoms with Crippen LogP contribution in [0.5, 0.6) is 5.75 Å². The molecule has 26 heavy (non-hydrogen) atoms. The molecule has 4 nitrogen and oxygen atoms in total. The second-order valence-corrected chi connectivity index (χ2v) is 7.57. The maximum Gasteiger partial charge on any atom is 0.336 e. The molecule has 1 aliphatic heterocycles. The topological polar surface area (TPSA) is 42.7 Å². The zero-order valence-electron chi connectivity index (χ0n) is 14.8. The van der Waals surface area contributed by atoms with E-state index in [4.69, 9.17) is 9.15 Å². The zero-order valence-corrected chi connectivity index (χ0v) is 16.4. The number of benzene rings is 2. The first-order chi connectivity index (χ1) is 12.6. The van der Waals surface area contributed by atoms with Crippen LogP contribution in [0.3, 0.4) is 0 Å². The Morgan fingerprint density at radius 3 is 2.85 bits per heavy atom. The monoisotopic (exact) mass is 413 g/mol. The van der Waals surface area contributed by atoms with Gasteiger partial charge in [0.15, 0.2) is 6.73 Å². The van der Waals surface area contributed by atoms with E-state index in [-0.39, 0.29) is 5.63 Å². The standard InChI is InChI=1S/C21H20BrNO3/c1-3-5-14-9-19(24)26-21-13(2)20-15(8-18(14)21)11-23(12-25-20)17-7-4-6-16(22)10-17/h4,6-10H,3,5,11-12H2,1-2H3. The number of hydrogen-bond donors (Lipinski definition) is 0. The number of ether oxygens (including phenoxy) is 1. The first kappa shape index (κ1) is 17.2. The average Bonchev–Trinajstić information content (AvgIpc) is 2.63. The molecule has 0 saturated heterocycles. The summed E-state index contributed by atoms with van der Waals surface area (Å²) in [7, 11) is 0. The summed E-state index contributed by atoms with van der Waals surface area (Å²) < 4.78 is 12.6. The molecule has 0 unspecified atom stereocenters. The van der Waals surface area contributed by atoms with Crippen molar-refractivity contribution in [3.63, 3.8) is 0 Å². The Hall–Kier alpha value is -2.27. The van der Waals surface area contributed by atoms with E-state index < -0.39 is 0 Å². The minimum absolute atomic E-state index is 0.296. The molecule has 3 aromatic rings. The van der Waals surface area contributed by atoms with Gasteiger partial charge in [0.2, 0.25) is 0 Å². The molecule has 0 fully saturated rings. The highest BCUT2D eigenvalue weighted by molar-refractivity contribution is 9.10. The highest BCUT2D eigenvalue weighted by Gasteiger charge is 2.23. The van der Waals surface area contributed by atoms with Crippen LogP contribution < -0.4 is 15.3 Å². The summed E-state index contributed by atoms with van der Waals surface area (Å²) in [5.41, 5.74) is 4.53. The van der Waals surface area contributed by atoms with E-state index in [2.05, 4.69) is 46.0 Å². The summed E-state index contributed by atoms with van der Waals surface area (Å²) in [6, 6.07) is 11.9. The van der Waals surface area contributed by atoms with Gasteiger partial charge in [0.05, 0.1) is 0 Å². The molecule has 0 spiro atoms. The van der Waals surface area contributed by atoms with Crippen molar-refractivity contribution >= 4 is 32.6 Å². The van der Waals surface area contributed by atoms with Gasteiger partial charge in [0.25, 0.3) is 0 Å². The number of rotatable bonds is 3. The predicted molar refractivity (Wildman–Crippen MR) is 107 cm³/mol. The van der Waals surface area contributed by atoms with E-state index in [0.717, 1.165) is 57.4 Å². The van der Waals surface area contributed by atoms with Crippen LogP contribution in [0.15, 0.2) is 50.1 Å². The third-order valence-electron chi connectivity index (χ3n) is 4.80. The van der Waals surface area contributed by atoms with Crippen LogP contribution in [0.1, 0.15) is 30.0 Å². The fraction of sp³-hybridized carbons (Fsp3) is 0.286. The number of hydrogen-bond acceptors (Lipinski definition) is 4. The SMILES string of the molecule is CCCc1cc(=O)oc2c(C)c3c(cc12)CN(c1cccc(Br)c1)CO3. The highest BCUT2D eigenvalue weighted by atomic mass is 79.9. The fourth-order valence-corrected chi connectivity index (χ4v) is 3.99. The van der Waals surface area contributed by atoms with Crippen LogP contribution in [-0.2, 0) is 13.0 Å². The molecule has 0 amide bonds. The first-order valence-electron chi connectivity index (χ1n) is 8.79. The van der Waals surface area contributed by atoms with Crippen LogP contribution in [0.2, 0.25) is 0 Å². The molecular weight excluding hydrogens is 394 g/mol. The maximum atomic E-state index is 11.9. The third kappa shape index (κ3) is 3.01. The Morgan fingerprint density at radius 1 is 1.23 bits per heavy atom. The molecule has 5 heteroatoms. The van der Waals surface area contributed by atoms with Crippen molar-refractivity contribution in [2.75, 3.05) is 11.6 Å². The molecule has 1 aromatic heterocycles. The lowest BCUT2D eigenvalue weighted by Gasteiger charge is -2.32. The molecule has 134 valence electrons. The number of aryl methyl sites for hydroxylation is 2. The van der Waals surface area contributed by atoms with Gasteiger partial charge in [0, 0.05) is 39.3 Å². The van der Waals surface area contributed by atoms with Crippen molar-refractivity contribution in [3.05, 3.63) is 68.0 Å². The normalized spacial score (nSPS) is 13.6. The molecule has 0 bridgehead atoms. The molecule has 0 atom stereocenters. The summed E-state index contributed by atoms with van der Waals surface area (Å²) in [5, 5.41) is 1.02. The van der Waals surface area contributed by atoms with Gasteiger partial charge in [-0.05, 0) is 43.2 Å². The van der Waals surface area contributed by atoms with Gasteiger partial charge in [0.1, 0.15) is 11.3 Å². The van der Waals surface area contributed by atoms with Crippen molar-refractivity contribution in [1.82, 2.24) is 0 Å². The molecule has 2 aromatic carbocycles. The van der Waals surface area contributed by atoms with E-state index in [9.17, 15) is 4.79 Å². The van der Waals surface area contributed by atoms with E-state index in [0.29, 0.717) is 12.3 Å². The summed E-state index contributed by atoms with van der Waals surface area (Å²) in [6.45, 7) is 5.31. The molecule has 2 heterocycles. The predicted octanol–water partition coefficient (Wildman–Crippen LogP) is 5.17. The number of nitrogens with zero attached hydrogens (tertiary/aromatic N) is 1. The van der Waals surface area contributed by atoms with Crippen LogP contribution in [0.4, 0.5) is 5.69 Å². The van der Waals surface area contributed by atoms with Gasteiger partial charge in [-0.2, -0.15) is 0 Å². The maximum absolute atomic E-state index is 11.9. The van der Waals surface area contributed by atoms with Crippen molar-refractivity contribution in [1.29, 1.82) is 0 Å². The smallest absolute Gasteiger partial charge is 0.336 e. The Labute approximate surface area is 160 Å². The van der Waals surface area contributed by atoms with Gasteiger partial charge in [-0.3, -0.25) is 0 Å². The number of anilines is 1. The third-order valence-corrected chi connectivity index (χ3v) is 5.29. The lowest BCUT2D eigenvalue weighted by atomic mass is 9.98. The van der Waals surface area contributed by atoms with Crippen molar-refractivity contribution in [2.45, 2.75) is 33.2 Å². The lowest BCUT2D eigenvalue weighted by Crippen LogP contribution is -2.32. The minimum atomic E-state index is -0.296. The Morgan fingerprint density at radius 2 is 2.08 bits per heavy atom. The number of halogens is 1. The molecule has 4 rings (SSSR count). The van der Waals surface area contributed by atoms with Crippen LogP contribution in [0.25, 0.3) is 11.0 Å². The largest absolute Gasteiger partial charge is 0.472 e. The Kier molecular flexibility index (Phi) is 4.49. The molecule has 1 aliphatic rings. The van der Waals surface area contributed by atoms with Crippen LogP contribution in [-0.4, -0.2) is 6.73 Å². The summed E-state index contributed by atoms with van der Waals surface area (Å²) in [6.07, 6.45) is 1.84. The molecular formula is C21H20BrNO3. The second kappa shape index (κ2) is 6.80. The van der Waals surface area contributed by atoms with Crippen molar-refractivity contribution in [3.8, 4) is 5.75 Å². The van der Waals surface area contributed by atoms with Crippen molar-refractivity contribution < 1.29 is 9.15 Å². The lowest BCUT2D eigenvalue weighted by molar-refractivity contribution is 0.287.